The molecule has 2 heterocycles. The van der Waals surface area contributed by atoms with Gasteiger partial charge in [-0.05, 0) is 6.07 Å². The zero-order valence-corrected chi connectivity index (χ0v) is 10.7. The molecule has 0 saturated carbocycles. The summed E-state index contributed by atoms with van der Waals surface area (Å²) in [7, 11) is 0. The minimum atomic E-state index is -1.00. The molecule has 21 heavy (non-hydrogen) atoms. The Kier molecular flexibility index (Phi) is 3.13. The topological polar surface area (TPSA) is 83.8 Å². The number of hydrogen-bond donors (Lipinski definition) is 2. The molecule has 0 unspecified atom stereocenters. The lowest BCUT2D eigenvalue weighted by atomic mass is 10.3. The Balaban J connectivity index is 2.20. The Morgan fingerprint density at radius 2 is 2.10 bits per heavy atom. The van der Waals surface area contributed by atoms with E-state index in [2.05, 4.69) is 15.2 Å². The molecule has 0 radical (unpaired) electrons. The van der Waals surface area contributed by atoms with E-state index in [-0.39, 0.29) is 18.5 Å². The Morgan fingerprint density at radius 3 is 2.76 bits per heavy atom. The number of hydrogen-bond acceptors (Lipinski definition) is 3. The molecule has 3 aromatic rings. The van der Waals surface area contributed by atoms with Crippen molar-refractivity contribution in [3.8, 4) is 11.5 Å². The van der Waals surface area contributed by atoms with Gasteiger partial charge in [0.05, 0.1) is 17.5 Å². The molecule has 6 nitrogen and oxygen atoms in total. The van der Waals surface area contributed by atoms with Crippen molar-refractivity contribution in [1.82, 2.24) is 19.7 Å². The van der Waals surface area contributed by atoms with Crippen LogP contribution in [0.4, 0.5) is 8.78 Å². The molecule has 3 rings (SSSR count). The van der Waals surface area contributed by atoms with Crippen LogP contribution in [0.5, 0.6) is 0 Å². The molecule has 8 heteroatoms. The van der Waals surface area contributed by atoms with Crippen LogP contribution in [0.2, 0.25) is 0 Å². The van der Waals surface area contributed by atoms with Gasteiger partial charge >= 0.3 is 5.97 Å². The van der Waals surface area contributed by atoms with Gasteiger partial charge < -0.3 is 9.67 Å². The molecule has 1 aromatic carbocycles. The highest BCUT2D eigenvalue weighted by Gasteiger charge is 2.17. The van der Waals surface area contributed by atoms with E-state index in [1.807, 2.05) is 0 Å². The fourth-order valence-electron chi connectivity index (χ4n) is 2.14. The molecule has 0 bridgehead atoms. The molecular formula is C13H10F2N4O2. The predicted molar refractivity (Wildman–Crippen MR) is 69.5 cm³/mol. The quantitative estimate of drug-likeness (QED) is 0.772. The average molecular weight is 292 g/mol. The first-order valence-electron chi connectivity index (χ1n) is 6.13. The third-order valence-electron chi connectivity index (χ3n) is 3.08. The zero-order chi connectivity index (χ0) is 15.0. The van der Waals surface area contributed by atoms with E-state index in [1.165, 1.54) is 10.8 Å². The van der Waals surface area contributed by atoms with Gasteiger partial charge in [0.15, 0.2) is 17.5 Å². The van der Waals surface area contributed by atoms with Crippen LogP contribution in [0.15, 0.2) is 24.4 Å². The van der Waals surface area contributed by atoms with E-state index in [9.17, 15) is 13.6 Å². The number of nitrogens with zero attached hydrogens (tertiary/aromatic N) is 3. The summed E-state index contributed by atoms with van der Waals surface area (Å²) in [5.41, 5.74) is 1.13. The van der Waals surface area contributed by atoms with Gasteiger partial charge in [-0.25, -0.2) is 13.8 Å². The van der Waals surface area contributed by atoms with Crippen molar-refractivity contribution in [2.24, 2.45) is 0 Å². The van der Waals surface area contributed by atoms with Crippen molar-refractivity contribution in [3.05, 3.63) is 36.0 Å². The summed E-state index contributed by atoms with van der Waals surface area (Å²) in [5, 5.41) is 15.3. The van der Waals surface area contributed by atoms with E-state index in [4.69, 9.17) is 5.11 Å². The smallest absolute Gasteiger partial charge is 0.305 e. The molecule has 2 aromatic heterocycles. The number of fused-ring (bicyclic) bond motifs is 1. The summed E-state index contributed by atoms with van der Waals surface area (Å²) in [4.78, 5) is 15.0. The first-order valence-corrected chi connectivity index (χ1v) is 6.13. The van der Waals surface area contributed by atoms with E-state index >= 15 is 0 Å². The van der Waals surface area contributed by atoms with Gasteiger partial charge in [-0.3, -0.25) is 9.89 Å². The second-order valence-corrected chi connectivity index (χ2v) is 4.46. The molecule has 2 N–H and O–H groups in total. The molecule has 0 spiro atoms. The monoisotopic (exact) mass is 292 g/mol. The van der Waals surface area contributed by atoms with Crippen LogP contribution in [0.25, 0.3) is 22.6 Å². The maximum atomic E-state index is 13.4. The van der Waals surface area contributed by atoms with Crippen LogP contribution in [-0.4, -0.2) is 30.8 Å². The number of carbonyl (C=O) groups is 1. The average Bonchev–Trinajstić information content (AvgIpc) is 3.04. The fraction of sp³-hybridized carbons (Fsp3) is 0.154. The highest BCUT2D eigenvalue weighted by atomic mass is 19.2. The number of rotatable bonds is 4. The first kappa shape index (κ1) is 13.2. The molecule has 0 aliphatic carbocycles. The number of nitrogens with one attached hydrogen (secondary N) is 1. The summed E-state index contributed by atoms with van der Waals surface area (Å²) >= 11 is 0. The van der Waals surface area contributed by atoms with Crippen molar-refractivity contribution < 1.29 is 18.7 Å². The third kappa shape index (κ3) is 2.35. The molecular weight excluding hydrogens is 282 g/mol. The van der Waals surface area contributed by atoms with Crippen molar-refractivity contribution in [3.63, 3.8) is 0 Å². The normalized spacial score (nSPS) is 11.1. The number of aromatic amines is 1. The lowest BCUT2D eigenvalue weighted by Gasteiger charge is -2.06. The number of aryl methyl sites for hydroxylation is 1. The van der Waals surface area contributed by atoms with Crippen LogP contribution in [0, 0.1) is 11.6 Å². The van der Waals surface area contributed by atoms with Gasteiger partial charge in [0, 0.05) is 24.9 Å². The summed E-state index contributed by atoms with van der Waals surface area (Å²) in [6.45, 7) is 0.0886. The molecule has 108 valence electrons. The highest BCUT2D eigenvalue weighted by molar-refractivity contribution is 5.80. The standard InChI is InChI=1S/C13H10F2N4O2/c14-7-5-10-11(6-8(7)15)19(4-2-12(20)21)13(17-10)9-1-3-16-18-9/h1,3,5-6H,2,4H2,(H,16,18)(H,20,21). The Hall–Kier alpha value is -2.77. The molecule has 0 aliphatic heterocycles. The Morgan fingerprint density at radius 1 is 1.33 bits per heavy atom. The maximum Gasteiger partial charge on any atom is 0.305 e. The number of aromatic nitrogens is 4. The maximum absolute atomic E-state index is 13.4. The predicted octanol–water partition coefficient (Wildman–Crippen LogP) is 2.18. The zero-order valence-electron chi connectivity index (χ0n) is 10.7. The van der Waals surface area contributed by atoms with E-state index in [1.54, 1.807) is 6.07 Å². The number of H-pyrrole nitrogens is 1. The fourth-order valence-corrected chi connectivity index (χ4v) is 2.14. The number of halogens is 2. The van der Waals surface area contributed by atoms with E-state index < -0.39 is 17.6 Å². The number of aliphatic carboxylic acids is 1. The summed E-state index contributed by atoms with van der Waals surface area (Å²) < 4.78 is 28.3. The molecule has 0 atom stereocenters. The third-order valence-corrected chi connectivity index (χ3v) is 3.08. The minimum Gasteiger partial charge on any atom is -0.481 e. The van der Waals surface area contributed by atoms with Gasteiger partial charge in [0.25, 0.3) is 0 Å². The van der Waals surface area contributed by atoms with Crippen molar-refractivity contribution >= 4 is 17.0 Å². The molecule has 0 amide bonds. The van der Waals surface area contributed by atoms with Crippen LogP contribution in [-0.2, 0) is 11.3 Å². The van der Waals surface area contributed by atoms with Gasteiger partial charge in [-0.2, -0.15) is 5.10 Å². The summed E-state index contributed by atoms with van der Waals surface area (Å²) in [6.07, 6.45) is 1.35. The SMILES string of the molecule is O=C(O)CCn1c(-c2ccn[nH]2)nc2cc(F)c(F)cc21. The Bertz CT molecular complexity index is 811. The van der Waals surface area contributed by atoms with Crippen LogP contribution >= 0.6 is 0 Å². The lowest BCUT2D eigenvalue weighted by molar-refractivity contribution is -0.137. The van der Waals surface area contributed by atoms with Crippen molar-refractivity contribution in [1.29, 1.82) is 0 Å². The van der Waals surface area contributed by atoms with E-state index in [0.29, 0.717) is 17.0 Å². The number of imidazole rings is 1. The van der Waals surface area contributed by atoms with Crippen LogP contribution in [0.1, 0.15) is 6.42 Å². The number of benzene rings is 1. The minimum absolute atomic E-state index is 0.0886. The molecule has 0 aliphatic rings. The lowest BCUT2D eigenvalue weighted by Crippen LogP contribution is -2.06. The van der Waals surface area contributed by atoms with Crippen molar-refractivity contribution in [2.75, 3.05) is 0 Å². The first-order chi connectivity index (χ1) is 10.1. The van der Waals surface area contributed by atoms with Crippen LogP contribution < -0.4 is 0 Å². The number of carboxylic acids is 1. The summed E-state index contributed by atoms with van der Waals surface area (Å²) in [6, 6.07) is 3.65. The molecule has 0 fully saturated rings. The van der Waals surface area contributed by atoms with Gasteiger partial charge in [-0.1, -0.05) is 0 Å². The second-order valence-electron chi connectivity index (χ2n) is 4.46. The molecule has 0 saturated heterocycles. The highest BCUT2D eigenvalue weighted by Crippen LogP contribution is 2.25. The van der Waals surface area contributed by atoms with Gasteiger partial charge in [0.2, 0.25) is 0 Å². The van der Waals surface area contributed by atoms with Crippen LogP contribution in [0.3, 0.4) is 0 Å². The van der Waals surface area contributed by atoms with E-state index in [0.717, 1.165) is 12.1 Å². The number of carboxylic acid groups (broad SMARTS) is 1. The Labute approximate surface area is 117 Å². The summed E-state index contributed by atoms with van der Waals surface area (Å²) in [5.74, 6) is -2.61. The largest absolute Gasteiger partial charge is 0.481 e. The van der Waals surface area contributed by atoms with Crippen molar-refractivity contribution in [2.45, 2.75) is 13.0 Å². The van der Waals surface area contributed by atoms with Gasteiger partial charge in [-0.15, -0.1) is 0 Å². The van der Waals surface area contributed by atoms with Gasteiger partial charge in [0.1, 0.15) is 5.69 Å². The second kappa shape index (κ2) is 4.97.